The van der Waals surface area contributed by atoms with Gasteiger partial charge in [0.2, 0.25) is 0 Å². The molecule has 3 nitrogen and oxygen atoms in total. The van der Waals surface area contributed by atoms with Crippen molar-refractivity contribution in [2.24, 2.45) is 13.0 Å². The van der Waals surface area contributed by atoms with Crippen molar-refractivity contribution in [3.63, 3.8) is 0 Å². The van der Waals surface area contributed by atoms with Gasteiger partial charge in [0.15, 0.2) is 0 Å². The van der Waals surface area contributed by atoms with E-state index < -0.39 is 0 Å². The fourth-order valence-electron chi connectivity index (χ4n) is 2.62. The molecule has 1 unspecified atom stereocenters. The van der Waals surface area contributed by atoms with Crippen molar-refractivity contribution in [3.8, 4) is 0 Å². The van der Waals surface area contributed by atoms with E-state index in [1.54, 1.807) is 0 Å². The van der Waals surface area contributed by atoms with Crippen LogP contribution in [0.15, 0.2) is 30.5 Å². The Morgan fingerprint density at radius 1 is 1.18 bits per heavy atom. The van der Waals surface area contributed by atoms with E-state index in [0.29, 0.717) is 5.92 Å². The number of aromatic nitrogens is 2. The minimum Gasteiger partial charge on any atom is -0.375 e. The van der Waals surface area contributed by atoms with E-state index in [-0.39, 0.29) is 6.04 Å². The average molecular weight is 320 g/mol. The minimum absolute atomic E-state index is 0.286. The van der Waals surface area contributed by atoms with Gasteiger partial charge in [0.05, 0.1) is 17.4 Å². The average Bonchev–Trinajstić information content (AvgIpc) is 2.84. The third-order valence-corrected chi connectivity index (χ3v) is 4.13. The van der Waals surface area contributed by atoms with Gasteiger partial charge in [-0.05, 0) is 42.9 Å². The summed E-state index contributed by atoms with van der Waals surface area (Å²) in [6.45, 7) is 6.67. The van der Waals surface area contributed by atoms with Crippen LogP contribution in [0.5, 0.6) is 0 Å². The van der Waals surface area contributed by atoms with E-state index in [2.05, 4.69) is 49.5 Å². The van der Waals surface area contributed by atoms with E-state index in [0.717, 1.165) is 29.2 Å². The molecule has 120 valence electrons. The number of nitrogens with zero attached hydrogens (tertiary/aromatic N) is 2. The van der Waals surface area contributed by atoms with Crippen LogP contribution in [0.3, 0.4) is 0 Å². The molecule has 1 atom stereocenters. The Bertz CT molecular complexity index is 587. The van der Waals surface area contributed by atoms with Crippen molar-refractivity contribution < 1.29 is 0 Å². The van der Waals surface area contributed by atoms with Crippen molar-refractivity contribution in [1.82, 2.24) is 9.78 Å². The zero-order valence-corrected chi connectivity index (χ0v) is 14.7. The van der Waals surface area contributed by atoms with Crippen LogP contribution in [0.2, 0.25) is 5.02 Å². The molecule has 1 aromatic carbocycles. The summed E-state index contributed by atoms with van der Waals surface area (Å²) in [7, 11) is 1.97. The van der Waals surface area contributed by atoms with E-state index in [4.69, 9.17) is 11.6 Å². The number of hydrogen-bond donors (Lipinski definition) is 1. The lowest BCUT2D eigenvalue weighted by Crippen LogP contribution is -2.12. The van der Waals surface area contributed by atoms with Gasteiger partial charge in [0.1, 0.15) is 0 Å². The highest BCUT2D eigenvalue weighted by Crippen LogP contribution is 2.28. The molecule has 0 bridgehead atoms. The van der Waals surface area contributed by atoms with Crippen molar-refractivity contribution in [1.29, 1.82) is 0 Å². The van der Waals surface area contributed by atoms with Gasteiger partial charge in [0.25, 0.3) is 0 Å². The van der Waals surface area contributed by atoms with E-state index >= 15 is 0 Å². The second-order valence-corrected chi connectivity index (χ2v) is 6.67. The smallest absolute Gasteiger partial charge is 0.0853 e. The summed E-state index contributed by atoms with van der Waals surface area (Å²) in [6.07, 6.45) is 5.27. The quantitative estimate of drug-likeness (QED) is 0.757. The molecule has 0 aliphatic rings. The molecule has 2 aromatic rings. The molecule has 0 aliphatic heterocycles. The first-order valence-corrected chi connectivity index (χ1v) is 8.42. The number of anilines is 1. The standard InChI is InChI=1S/C18H26ClN3/c1-5-16-18(12-22(4)21-16)20-17(11-6-13(2)3)14-7-9-15(19)10-8-14/h7-10,12-13,17,20H,5-6,11H2,1-4H3. The maximum atomic E-state index is 6.02. The summed E-state index contributed by atoms with van der Waals surface area (Å²) in [6, 6.07) is 8.44. The highest BCUT2D eigenvalue weighted by atomic mass is 35.5. The number of aryl methyl sites for hydroxylation is 2. The van der Waals surface area contributed by atoms with Crippen LogP contribution >= 0.6 is 11.6 Å². The highest BCUT2D eigenvalue weighted by Gasteiger charge is 2.15. The van der Waals surface area contributed by atoms with E-state index in [1.165, 1.54) is 12.0 Å². The molecule has 0 saturated carbocycles. The maximum Gasteiger partial charge on any atom is 0.0853 e. The third kappa shape index (κ3) is 4.51. The Morgan fingerprint density at radius 2 is 1.86 bits per heavy atom. The lowest BCUT2D eigenvalue weighted by molar-refractivity contribution is 0.521. The SMILES string of the molecule is CCc1nn(C)cc1NC(CCC(C)C)c1ccc(Cl)cc1. The van der Waals surface area contributed by atoms with E-state index in [1.807, 2.05) is 23.9 Å². The van der Waals surface area contributed by atoms with Crippen molar-refractivity contribution >= 4 is 17.3 Å². The highest BCUT2D eigenvalue weighted by molar-refractivity contribution is 6.30. The summed E-state index contributed by atoms with van der Waals surface area (Å²) >= 11 is 6.02. The summed E-state index contributed by atoms with van der Waals surface area (Å²) in [5.74, 6) is 0.691. The third-order valence-electron chi connectivity index (χ3n) is 3.87. The fraction of sp³-hybridized carbons (Fsp3) is 0.500. The van der Waals surface area contributed by atoms with Gasteiger partial charge in [-0.1, -0.05) is 44.5 Å². The normalized spacial score (nSPS) is 12.6. The monoisotopic (exact) mass is 319 g/mol. The summed E-state index contributed by atoms with van der Waals surface area (Å²) in [5, 5.41) is 8.98. The Balaban J connectivity index is 2.21. The maximum absolute atomic E-state index is 6.02. The molecule has 0 saturated heterocycles. The molecule has 1 aromatic heterocycles. The molecule has 1 N–H and O–H groups in total. The van der Waals surface area contributed by atoms with Crippen LogP contribution in [0.25, 0.3) is 0 Å². The number of halogens is 1. The first kappa shape index (κ1) is 16.9. The van der Waals surface area contributed by atoms with Gasteiger partial charge in [-0.3, -0.25) is 4.68 Å². The zero-order chi connectivity index (χ0) is 16.1. The number of nitrogens with one attached hydrogen (secondary N) is 1. The topological polar surface area (TPSA) is 29.9 Å². The zero-order valence-electron chi connectivity index (χ0n) is 13.9. The number of rotatable bonds is 7. The first-order valence-electron chi connectivity index (χ1n) is 8.04. The molecular formula is C18H26ClN3. The molecule has 22 heavy (non-hydrogen) atoms. The summed E-state index contributed by atoms with van der Waals surface area (Å²) in [5.41, 5.74) is 3.52. The van der Waals surface area contributed by atoms with Crippen molar-refractivity contribution in [2.45, 2.75) is 46.1 Å². The Labute approximate surface area is 138 Å². The Morgan fingerprint density at radius 3 is 2.45 bits per heavy atom. The first-order chi connectivity index (χ1) is 10.5. The number of benzene rings is 1. The molecule has 0 fully saturated rings. The van der Waals surface area contributed by atoms with Crippen LogP contribution in [0, 0.1) is 5.92 Å². The van der Waals surface area contributed by atoms with Gasteiger partial charge >= 0.3 is 0 Å². The van der Waals surface area contributed by atoms with E-state index in [9.17, 15) is 0 Å². The van der Waals surface area contributed by atoms with Crippen LogP contribution in [0.1, 0.15) is 50.9 Å². The van der Waals surface area contributed by atoms with Crippen LogP contribution < -0.4 is 5.32 Å². The predicted octanol–water partition coefficient (Wildman–Crippen LogP) is 5.23. The van der Waals surface area contributed by atoms with Crippen molar-refractivity contribution in [2.75, 3.05) is 5.32 Å². The number of hydrogen-bond acceptors (Lipinski definition) is 2. The lowest BCUT2D eigenvalue weighted by atomic mass is 9.97. The fourth-order valence-corrected chi connectivity index (χ4v) is 2.75. The summed E-state index contributed by atoms with van der Waals surface area (Å²) < 4.78 is 1.88. The van der Waals surface area contributed by atoms with Crippen LogP contribution in [-0.2, 0) is 13.5 Å². The molecule has 0 spiro atoms. The largest absolute Gasteiger partial charge is 0.375 e. The molecule has 4 heteroatoms. The van der Waals surface area contributed by atoms with Gasteiger partial charge in [-0.15, -0.1) is 0 Å². The predicted molar refractivity (Wildman–Crippen MR) is 94.5 cm³/mol. The molecule has 0 amide bonds. The molecular weight excluding hydrogens is 294 g/mol. The van der Waals surface area contributed by atoms with Gasteiger partial charge < -0.3 is 5.32 Å². The lowest BCUT2D eigenvalue weighted by Gasteiger charge is -2.21. The van der Waals surface area contributed by atoms with Gasteiger partial charge in [-0.2, -0.15) is 5.10 Å². The Hall–Kier alpha value is -1.48. The van der Waals surface area contributed by atoms with Crippen LogP contribution in [0.4, 0.5) is 5.69 Å². The van der Waals surface area contributed by atoms with Gasteiger partial charge in [-0.25, -0.2) is 0 Å². The summed E-state index contributed by atoms with van der Waals surface area (Å²) in [4.78, 5) is 0. The second-order valence-electron chi connectivity index (χ2n) is 6.24. The van der Waals surface area contributed by atoms with Crippen molar-refractivity contribution in [3.05, 3.63) is 46.7 Å². The molecule has 2 rings (SSSR count). The van der Waals surface area contributed by atoms with Gasteiger partial charge in [0, 0.05) is 18.3 Å². The van der Waals surface area contributed by atoms with Crippen LogP contribution in [-0.4, -0.2) is 9.78 Å². The minimum atomic E-state index is 0.286. The molecule has 0 radical (unpaired) electrons. The second kappa shape index (κ2) is 7.68. The molecule has 0 aliphatic carbocycles. The Kier molecular flexibility index (Phi) is 5.90. The molecule has 1 heterocycles.